The fourth-order valence-corrected chi connectivity index (χ4v) is 2.78. The van der Waals surface area contributed by atoms with Crippen LogP contribution in [0, 0.1) is 12.7 Å². The van der Waals surface area contributed by atoms with Gasteiger partial charge in [-0.3, -0.25) is 9.89 Å². The van der Waals surface area contributed by atoms with E-state index in [9.17, 15) is 9.18 Å². The van der Waals surface area contributed by atoms with Gasteiger partial charge in [0, 0.05) is 18.0 Å². The third-order valence-corrected chi connectivity index (χ3v) is 4.20. The van der Waals surface area contributed by atoms with Crippen LogP contribution in [0.5, 0.6) is 0 Å². The van der Waals surface area contributed by atoms with Gasteiger partial charge in [-0.05, 0) is 50.2 Å². The van der Waals surface area contributed by atoms with Crippen molar-refractivity contribution >= 4 is 11.6 Å². The molecule has 0 aliphatic carbocycles. The number of hydrogen-bond acceptors (Lipinski definition) is 4. The average Bonchev–Trinajstić information content (AvgIpc) is 3.27. The van der Waals surface area contributed by atoms with Gasteiger partial charge in [-0.25, -0.2) is 14.4 Å². The molecule has 27 heavy (non-hydrogen) atoms. The van der Waals surface area contributed by atoms with E-state index in [1.54, 1.807) is 48.0 Å². The number of imidazole rings is 1. The van der Waals surface area contributed by atoms with E-state index in [1.165, 1.54) is 12.1 Å². The van der Waals surface area contributed by atoms with Crippen LogP contribution in [0.25, 0.3) is 16.9 Å². The highest BCUT2D eigenvalue weighted by Crippen LogP contribution is 2.20. The molecule has 0 fully saturated rings. The first-order chi connectivity index (χ1) is 13.0. The molecule has 0 aliphatic rings. The number of aromatic amines is 1. The van der Waals surface area contributed by atoms with Gasteiger partial charge in [0.05, 0.1) is 17.3 Å². The minimum atomic E-state index is -0.323. The number of nitrogens with one attached hydrogen (secondary N) is 2. The number of aryl methyl sites for hydroxylation is 1. The Hall–Kier alpha value is -3.55. The zero-order valence-corrected chi connectivity index (χ0v) is 14.8. The second-order valence-electron chi connectivity index (χ2n) is 6.29. The zero-order chi connectivity index (χ0) is 19.0. The van der Waals surface area contributed by atoms with E-state index in [1.807, 2.05) is 6.92 Å². The van der Waals surface area contributed by atoms with Crippen LogP contribution in [0.1, 0.15) is 35.0 Å². The van der Waals surface area contributed by atoms with Crippen molar-refractivity contribution < 1.29 is 9.18 Å². The molecule has 3 heterocycles. The van der Waals surface area contributed by atoms with Crippen molar-refractivity contribution in [3.8, 4) is 11.3 Å². The van der Waals surface area contributed by atoms with Gasteiger partial charge in [0.25, 0.3) is 5.91 Å². The fourth-order valence-electron chi connectivity index (χ4n) is 2.78. The van der Waals surface area contributed by atoms with Crippen LogP contribution in [-0.4, -0.2) is 30.5 Å². The molecule has 1 amide bonds. The van der Waals surface area contributed by atoms with Gasteiger partial charge in [-0.2, -0.15) is 5.10 Å². The van der Waals surface area contributed by atoms with Crippen molar-refractivity contribution in [3.63, 3.8) is 0 Å². The van der Waals surface area contributed by atoms with Crippen LogP contribution < -0.4 is 5.32 Å². The molecule has 0 aliphatic heterocycles. The SMILES string of the molecule is Cc1nc([C@@H](C)NC(=O)c2ccc3nc(-c4ccc(F)cc4)cn3c2)n[nH]1. The lowest BCUT2D eigenvalue weighted by Crippen LogP contribution is -2.27. The Labute approximate surface area is 154 Å². The lowest BCUT2D eigenvalue weighted by atomic mass is 10.2. The number of H-pyrrole nitrogens is 1. The Kier molecular flexibility index (Phi) is 4.15. The van der Waals surface area contributed by atoms with Gasteiger partial charge < -0.3 is 9.72 Å². The van der Waals surface area contributed by atoms with E-state index in [0.29, 0.717) is 28.6 Å². The summed E-state index contributed by atoms with van der Waals surface area (Å²) in [6.45, 7) is 3.62. The van der Waals surface area contributed by atoms with Crippen LogP contribution in [0.15, 0.2) is 48.8 Å². The maximum absolute atomic E-state index is 13.1. The van der Waals surface area contributed by atoms with Gasteiger partial charge in [-0.1, -0.05) is 0 Å². The summed E-state index contributed by atoms with van der Waals surface area (Å²) in [5.74, 6) is 0.698. The lowest BCUT2D eigenvalue weighted by Gasteiger charge is -2.10. The first-order valence-electron chi connectivity index (χ1n) is 8.44. The van der Waals surface area contributed by atoms with Crippen molar-refractivity contribution in [3.05, 3.63) is 71.8 Å². The smallest absolute Gasteiger partial charge is 0.253 e. The number of halogens is 1. The van der Waals surface area contributed by atoms with Crippen LogP contribution in [0.3, 0.4) is 0 Å². The maximum atomic E-state index is 13.1. The van der Waals surface area contributed by atoms with E-state index in [0.717, 1.165) is 5.56 Å². The first-order valence-corrected chi connectivity index (χ1v) is 8.44. The number of carbonyl (C=O) groups excluding carboxylic acids is 1. The van der Waals surface area contributed by atoms with Gasteiger partial charge in [-0.15, -0.1) is 0 Å². The fraction of sp³-hybridized carbons (Fsp3) is 0.158. The summed E-state index contributed by atoms with van der Waals surface area (Å²) in [5, 5.41) is 9.70. The largest absolute Gasteiger partial charge is 0.342 e. The van der Waals surface area contributed by atoms with Crippen molar-refractivity contribution in [1.82, 2.24) is 29.9 Å². The number of rotatable bonds is 4. The summed E-state index contributed by atoms with van der Waals surface area (Å²) in [7, 11) is 0. The number of amides is 1. The van der Waals surface area contributed by atoms with Crippen molar-refractivity contribution in [2.24, 2.45) is 0 Å². The molecule has 2 N–H and O–H groups in total. The summed E-state index contributed by atoms with van der Waals surface area (Å²) in [4.78, 5) is 21.3. The Balaban J connectivity index is 1.57. The summed E-state index contributed by atoms with van der Waals surface area (Å²) in [6.07, 6.45) is 3.52. The quantitative estimate of drug-likeness (QED) is 0.583. The second kappa shape index (κ2) is 6.64. The molecule has 0 bridgehead atoms. The zero-order valence-electron chi connectivity index (χ0n) is 14.8. The monoisotopic (exact) mass is 364 g/mol. The molecule has 4 aromatic rings. The summed E-state index contributed by atoms with van der Waals surface area (Å²) < 4.78 is 14.9. The Morgan fingerprint density at radius 3 is 2.63 bits per heavy atom. The van der Waals surface area contributed by atoms with Crippen LogP contribution in [0.4, 0.5) is 4.39 Å². The van der Waals surface area contributed by atoms with Gasteiger partial charge in [0.15, 0.2) is 5.82 Å². The van der Waals surface area contributed by atoms with Crippen molar-refractivity contribution in [1.29, 1.82) is 0 Å². The number of fused-ring (bicyclic) bond motifs is 1. The van der Waals surface area contributed by atoms with Gasteiger partial charge in [0.1, 0.15) is 17.3 Å². The van der Waals surface area contributed by atoms with Gasteiger partial charge in [0.2, 0.25) is 0 Å². The summed E-state index contributed by atoms with van der Waals surface area (Å²) in [6, 6.07) is 9.28. The molecule has 0 unspecified atom stereocenters. The molecule has 7 nitrogen and oxygen atoms in total. The summed E-state index contributed by atoms with van der Waals surface area (Å²) >= 11 is 0. The number of hydrogen-bond donors (Lipinski definition) is 2. The number of pyridine rings is 1. The standard InChI is InChI=1S/C19H17FN6O/c1-11(18-22-12(2)24-25-18)21-19(27)14-5-8-17-23-16(10-26(17)9-14)13-3-6-15(20)7-4-13/h3-11H,1-2H3,(H,21,27)(H,22,24,25)/t11-/m1/s1. The average molecular weight is 364 g/mol. The topological polar surface area (TPSA) is 88.0 Å². The molecule has 0 radical (unpaired) electrons. The van der Waals surface area contributed by atoms with Crippen molar-refractivity contribution in [2.45, 2.75) is 19.9 Å². The molecule has 136 valence electrons. The predicted molar refractivity (Wildman–Crippen MR) is 97.6 cm³/mol. The van der Waals surface area contributed by atoms with Crippen LogP contribution >= 0.6 is 0 Å². The molecule has 3 aromatic heterocycles. The Morgan fingerprint density at radius 1 is 1.15 bits per heavy atom. The number of benzene rings is 1. The highest BCUT2D eigenvalue weighted by molar-refractivity contribution is 5.94. The molecule has 1 atom stereocenters. The number of nitrogens with zero attached hydrogens (tertiary/aromatic N) is 4. The Morgan fingerprint density at radius 2 is 1.93 bits per heavy atom. The molecule has 0 saturated carbocycles. The van der Waals surface area contributed by atoms with E-state index in [-0.39, 0.29) is 17.8 Å². The molecule has 8 heteroatoms. The number of carbonyl (C=O) groups is 1. The first kappa shape index (κ1) is 16.9. The van der Waals surface area contributed by atoms with Crippen LogP contribution in [-0.2, 0) is 0 Å². The van der Waals surface area contributed by atoms with Gasteiger partial charge >= 0.3 is 0 Å². The molecular formula is C19H17FN6O. The normalized spacial score (nSPS) is 12.3. The minimum Gasteiger partial charge on any atom is -0.342 e. The van der Waals surface area contributed by atoms with Crippen molar-refractivity contribution in [2.75, 3.05) is 0 Å². The molecule has 1 aromatic carbocycles. The predicted octanol–water partition coefficient (Wildman–Crippen LogP) is 3.06. The Bertz CT molecular complexity index is 1110. The van der Waals surface area contributed by atoms with E-state index in [4.69, 9.17) is 0 Å². The second-order valence-corrected chi connectivity index (χ2v) is 6.29. The minimum absolute atomic E-state index is 0.233. The molecule has 0 spiro atoms. The molecule has 0 saturated heterocycles. The molecular weight excluding hydrogens is 347 g/mol. The highest BCUT2D eigenvalue weighted by Gasteiger charge is 2.16. The molecule has 4 rings (SSSR count). The van der Waals surface area contributed by atoms with E-state index in [2.05, 4.69) is 25.5 Å². The highest BCUT2D eigenvalue weighted by atomic mass is 19.1. The summed E-state index contributed by atoms with van der Waals surface area (Å²) in [5.41, 5.74) is 2.70. The third kappa shape index (κ3) is 3.41. The number of aromatic nitrogens is 5. The van der Waals surface area contributed by atoms with E-state index >= 15 is 0 Å². The van der Waals surface area contributed by atoms with Crippen LogP contribution in [0.2, 0.25) is 0 Å². The van der Waals surface area contributed by atoms with E-state index < -0.39 is 0 Å². The lowest BCUT2D eigenvalue weighted by molar-refractivity contribution is 0.0938. The third-order valence-electron chi connectivity index (χ3n) is 4.20. The maximum Gasteiger partial charge on any atom is 0.253 e.